The number of hydrogen-bond donors (Lipinski definition) is 2. The first-order valence-electron chi connectivity index (χ1n) is 13.5. The molecule has 0 aliphatic rings. The van der Waals surface area contributed by atoms with Crippen molar-refractivity contribution in [3.63, 3.8) is 0 Å². The molecule has 0 fully saturated rings. The van der Waals surface area contributed by atoms with Gasteiger partial charge in [0.15, 0.2) is 5.82 Å². The third-order valence-electron chi connectivity index (χ3n) is 6.59. The Hall–Kier alpha value is -2.46. The zero-order valence-corrected chi connectivity index (χ0v) is 24.5. The Morgan fingerprint density at radius 3 is 2.38 bits per heavy atom. The fourth-order valence-electron chi connectivity index (χ4n) is 4.13. The lowest BCUT2D eigenvalue weighted by molar-refractivity contribution is 0.0899. The van der Waals surface area contributed by atoms with Gasteiger partial charge in [-0.25, -0.2) is 0 Å². The summed E-state index contributed by atoms with van der Waals surface area (Å²) in [5.41, 5.74) is 10.3. The predicted octanol–water partition coefficient (Wildman–Crippen LogP) is 5.43. The van der Waals surface area contributed by atoms with Gasteiger partial charge in [-0.15, -0.1) is 0 Å². The van der Waals surface area contributed by atoms with Crippen LogP contribution in [0, 0.1) is 0 Å². The number of aliphatic hydroxyl groups excluding tert-OH is 1. The van der Waals surface area contributed by atoms with E-state index in [0.29, 0.717) is 42.4 Å². The standard InChI is InChI=1S/C28H45N5O3Si/c1-7-10-15-36-28-30-24-23(26(34)22-13-11-21(12-14-22)18-32(8-2)9-3)19-33(25(24)27(29)31-28)20-35-16-17-37(4,5)6/h11-14,19,26,34H,7-10,15-18,20H2,1-6H3,(H2,29,30,31). The number of ether oxygens (including phenoxy) is 2. The van der Waals surface area contributed by atoms with Gasteiger partial charge in [-0.1, -0.05) is 71.1 Å². The Morgan fingerprint density at radius 1 is 1.05 bits per heavy atom. The van der Waals surface area contributed by atoms with Crippen LogP contribution in [0.25, 0.3) is 11.0 Å². The molecule has 204 valence electrons. The molecule has 0 aliphatic carbocycles. The minimum absolute atomic E-state index is 0.235. The smallest absolute Gasteiger partial charge is 0.319 e. The Morgan fingerprint density at radius 2 is 1.76 bits per heavy atom. The summed E-state index contributed by atoms with van der Waals surface area (Å²) in [5, 5.41) is 11.4. The van der Waals surface area contributed by atoms with Crippen molar-refractivity contribution in [1.82, 2.24) is 19.4 Å². The van der Waals surface area contributed by atoms with Crippen molar-refractivity contribution in [2.24, 2.45) is 0 Å². The molecule has 1 atom stereocenters. The molecule has 2 aromatic heterocycles. The van der Waals surface area contributed by atoms with Gasteiger partial charge in [0.25, 0.3) is 0 Å². The minimum Gasteiger partial charge on any atom is -0.463 e. The van der Waals surface area contributed by atoms with E-state index in [2.05, 4.69) is 67.4 Å². The highest BCUT2D eigenvalue weighted by atomic mass is 28.3. The van der Waals surface area contributed by atoms with Crippen LogP contribution in [-0.2, 0) is 18.0 Å². The van der Waals surface area contributed by atoms with Gasteiger partial charge in [0.2, 0.25) is 0 Å². The number of aromatic nitrogens is 3. The monoisotopic (exact) mass is 527 g/mol. The van der Waals surface area contributed by atoms with Crippen LogP contribution < -0.4 is 10.5 Å². The van der Waals surface area contributed by atoms with Crippen LogP contribution in [0.2, 0.25) is 25.7 Å². The van der Waals surface area contributed by atoms with Crippen LogP contribution in [0.1, 0.15) is 56.4 Å². The summed E-state index contributed by atoms with van der Waals surface area (Å²) in [5.74, 6) is 0.318. The van der Waals surface area contributed by atoms with Crippen LogP contribution >= 0.6 is 0 Å². The summed E-state index contributed by atoms with van der Waals surface area (Å²) < 4.78 is 13.7. The first-order chi connectivity index (χ1) is 17.7. The maximum atomic E-state index is 11.4. The first kappa shape index (κ1) is 29.1. The highest BCUT2D eigenvalue weighted by Crippen LogP contribution is 2.33. The van der Waals surface area contributed by atoms with Crippen molar-refractivity contribution < 1.29 is 14.6 Å². The highest BCUT2D eigenvalue weighted by molar-refractivity contribution is 6.76. The molecule has 0 spiro atoms. The number of rotatable bonds is 15. The van der Waals surface area contributed by atoms with Crippen molar-refractivity contribution in [2.45, 2.75) is 78.7 Å². The minimum atomic E-state index is -1.20. The van der Waals surface area contributed by atoms with Gasteiger partial charge < -0.3 is 24.9 Å². The zero-order chi connectivity index (χ0) is 27.0. The van der Waals surface area contributed by atoms with Gasteiger partial charge >= 0.3 is 6.01 Å². The third kappa shape index (κ3) is 8.01. The number of aliphatic hydroxyl groups is 1. The highest BCUT2D eigenvalue weighted by Gasteiger charge is 2.23. The van der Waals surface area contributed by atoms with Gasteiger partial charge in [-0.2, -0.15) is 9.97 Å². The molecule has 3 rings (SSSR count). The van der Waals surface area contributed by atoms with Crippen molar-refractivity contribution in [2.75, 3.05) is 32.0 Å². The molecule has 8 nitrogen and oxygen atoms in total. The van der Waals surface area contributed by atoms with Gasteiger partial charge in [-0.3, -0.25) is 4.90 Å². The lowest BCUT2D eigenvalue weighted by atomic mass is 10.0. The van der Waals surface area contributed by atoms with E-state index in [1.807, 2.05) is 22.9 Å². The molecule has 1 aromatic carbocycles. The number of fused-ring (bicyclic) bond motifs is 1. The van der Waals surface area contributed by atoms with Gasteiger partial charge in [-0.05, 0) is 36.7 Å². The number of anilines is 1. The van der Waals surface area contributed by atoms with Crippen LogP contribution in [0.3, 0.4) is 0 Å². The Balaban J connectivity index is 1.92. The average molecular weight is 528 g/mol. The van der Waals surface area contributed by atoms with Crippen LogP contribution in [-0.4, -0.2) is 58.9 Å². The maximum absolute atomic E-state index is 11.4. The second kappa shape index (κ2) is 13.4. The van der Waals surface area contributed by atoms with Gasteiger partial charge in [0.1, 0.15) is 23.9 Å². The number of nitrogen functional groups attached to an aromatic ring is 1. The number of nitrogens with zero attached hydrogens (tertiary/aromatic N) is 4. The summed E-state index contributed by atoms with van der Waals surface area (Å²) >= 11 is 0. The second-order valence-electron chi connectivity index (χ2n) is 10.8. The molecule has 2 heterocycles. The summed E-state index contributed by atoms with van der Waals surface area (Å²) in [6.07, 6.45) is 2.93. The first-order valence-corrected chi connectivity index (χ1v) is 17.2. The van der Waals surface area contributed by atoms with E-state index in [0.717, 1.165) is 44.1 Å². The van der Waals surface area contributed by atoms with Crippen LogP contribution in [0.4, 0.5) is 5.82 Å². The molecule has 1 unspecified atom stereocenters. The molecule has 0 saturated carbocycles. The van der Waals surface area contributed by atoms with E-state index in [-0.39, 0.29) is 6.01 Å². The summed E-state index contributed by atoms with van der Waals surface area (Å²) in [7, 11) is -1.20. The largest absolute Gasteiger partial charge is 0.463 e. The predicted molar refractivity (Wildman–Crippen MR) is 154 cm³/mol. The van der Waals surface area contributed by atoms with E-state index >= 15 is 0 Å². The third-order valence-corrected chi connectivity index (χ3v) is 8.30. The lowest BCUT2D eigenvalue weighted by Gasteiger charge is -2.18. The SMILES string of the molecule is CCCCOc1nc(N)c2c(n1)c(C(O)c1ccc(CN(CC)CC)cc1)cn2COCC[Si](C)(C)C. The summed E-state index contributed by atoms with van der Waals surface area (Å²) in [6, 6.07) is 9.44. The van der Waals surface area contributed by atoms with E-state index < -0.39 is 14.2 Å². The average Bonchev–Trinajstić information content (AvgIpc) is 3.23. The zero-order valence-electron chi connectivity index (χ0n) is 23.5. The fraction of sp³-hybridized carbons (Fsp3) is 0.571. The molecule has 37 heavy (non-hydrogen) atoms. The number of nitrogens with two attached hydrogens (primary N) is 1. The maximum Gasteiger partial charge on any atom is 0.319 e. The molecule has 0 amide bonds. The summed E-state index contributed by atoms with van der Waals surface area (Å²) in [6.45, 7) is 17.8. The normalized spacial score (nSPS) is 13.0. The number of unbranched alkanes of at least 4 members (excludes halogenated alkanes) is 1. The number of hydrogen-bond acceptors (Lipinski definition) is 7. The van der Waals surface area contributed by atoms with E-state index in [1.165, 1.54) is 5.56 Å². The molecule has 0 aliphatic heterocycles. The van der Waals surface area contributed by atoms with Crippen molar-refractivity contribution in [3.05, 3.63) is 47.2 Å². The number of benzene rings is 1. The lowest BCUT2D eigenvalue weighted by Crippen LogP contribution is -2.22. The Kier molecular flexibility index (Phi) is 10.5. The molecule has 0 radical (unpaired) electrons. The molecular weight excluding hydrogens is 482 g/mol. The molecule has 3 N–H and O–H groups in total. The molecule has 9 heteroatoms. The van der Waals surface area contributed by atoms with E-state index in [9.17, 15) is 5.11 Å². The molecular formula is C28H45N5O3Si. The fourth-order valence-corrected chi connectivity index (χ4v) is 4.89. The van der Waals surface area contributed by atoms with Crippen LogP contribution in [0.5, 0.6) is 6.01 Å². The van der Waals surface area contributed by atoms with Crippen LogP contribution in [0.15, 0.2) is 30.5 Å². The Bertz CT molecular complexity index is 1120. The van der Waals surface area contributed by atoms with Gasteiger partial charge in [0, 0.05) is 33.0 Å². The van der Waals surface area contributed by atoms with Crippen molar-refractivity contribution >= 4 is 24.9 Å². The molecule has 0 bridgehead atoms. The topological polar surface area (TPSA) is 98.7 Å². The Labute approximate surface area is 222 Å². The van der Waals surface area contributed by atoms with E-state index in [1.54, 1.807) is 0 Å². The second-order valence-corrected chi connectivity index (χ2v) is 16.4. The molecule has 3 aromatic rings. The van der Waals surface area contributed by atoms with Crippen molar-refractivity contribution in [3.8, 4) is 6.01 Å². The van der Waals surface area contributed by atoms with Gasteiger partial charge in [0.05, 0.1) is 6.61 Å². The molecule has 0 saturated heterocycles. The van der Waals surface area contributed by atoms with E-state index in [4.69, 9.17) is 15.2 Å². The quantitative estimate of drug-likeness (QED) is 0.201. The van der Waals surface area contributed by atoms with Crippen molar-refractivity contribution in [1.29, 1.82) is 0 Å². The summed E-state index contributed by atoms with van der Waals surface area (Å²) in [4.78, 5) is 11.4.